The molecule has 0 bridgehead atoms. The zero-order valence-corrected chi connectivity index (χ0v) is 15.8. The Hall–Kier alpha value is -3.60. The first-order valence-corrected chi connectivity index (χ1v) is 8.98. The Morgan fingerprint density at radius 2 is 1.64 bits per heavy atom. The first-order chi connectivity index (χ1) is 13.7. The molecular formula is C23H20N2O3. The SMILES string of the molecule is COc1cccc(-c2nc(-c3ccc(OCc4ccc(C)cc4)cc3)no2)c1. The fourth-order valence-electron chi connectivity index (χ4n) is 2.77. The zero-order chi connectivity index (χ0) is 19.3. The van der Waals surface area contributed by atoms with E-state index in [1.165, 1.54) is 5.56 Å². The van der Waals surface area contributed by atoms with E-state index >= 15 is 0 Å². The van der Waals surface area contributed by atoms with Gasteiger partial charge in [-0.05, 0) is 55.0 Å². The number of hydrogen-bond acceptors (Lipinski definition) is 5. The molecule has 4 rings (SSSR count). The van der Waals surface area contributed by atoms with Crippen molar-refractivity contribution in [3.63, 3.8) is 0 Å². The van der Waals surface area contributed by atoms with Gasteiger partial charge in [-0.15, -0.1) is 0 Å². The Morgan fingerprint density at radius 1 is 0.857 bits per heavy atom. The number of ether oxygens (including phenoxy) is 2. The van der Waals surface area contributed by atoms with Crippen molar-refractivity contribution in [2.45, 2.75) is 13.5 Å². The summed E-state index contributed by atoms with van der Waals surface area (Å²) in [7, 11) is 1.63. The Labute approximate surface area is 163 Å². The Kier molecular flexibility index (Phi) is 5.06. The molecule has 0 aliphatic rings. The molecule has 1 heterocycles. The van der Waals surface area contributed by atoms with E-state index in [1.54, 1.807) is 7.11 Å². The maximum Gasteiger partial charge on any atom is 0.258 e. The van der Waals surface area contributed by atoms with Crippen molar-refractivity contribution in [3.8, 4) is 34.3 Å². The Balaban J connectivity index is 1.45. The number of aromatic nitrogens is 2. The van der Waals surface area contributed by atoms with E-state index in [4.69, 9.17) is 14.0 Å². The van der Waals surface area contributed by atoms with Crippen LogP contribution in [0.15, 0.2) is 77.3 Å². The van der Waals surface area contributed by atoms with Gasteiger partial charge in [-0.2, -0.15) is 4.98 Å². The molecular weight excluding hydrogens is 352 g/mol. The third-order valence-corrected chi connectivity index (χ3v) is 4.38. The van der Waals surface area contributed by atoms with Crippen molar-refractivity contribution in [2.75, 3.05) is 7.11 Å². The van der Waals surface area contributed by atoms with E-state index < -0.39 is 0 Å². The topological polar surface area (TPSA) is 57.4 Å². The van der Waals surface area contributed by atoms with E-state index in [0.717, 1.165) is 28.2 Å². The van der Waals surface area contributed by atoms with E-state index in [2.05, 4.69) is 41.3 Å². The molecule has 0 saturated heterocycles. The largest absolute Gasteiger partial charge is 0.497 e. The lowest BCUT2D eigenvalue weighted by atomic mass is 10.1. The Morgan fingerprint density at radius 3 is 2.39 bits per heavy atom. The summed E-state index contributed by atoms with van der Waals surface area (Å²) in [6, 6.07) is 23.5. The number of methoxy groups -OCH3 is 1. The summed E-state index contributed by atoms with van der Waals surface area (Å²) < 4.78 is 16.5. The van der Waals surface area contributed by atoms with Gasteiger partial charge < -0.3 is 14.0 Å². The van der Waals surface area contributed by atoms with Crippen molar-refractivity contribution in [1.82, 2.24) is 10.1 Å². The molecule has 3 aromatic carbocycles. The number of nitrogens with zero attached hydrogens (tertiary/aromatic N) is 2. The quantitative estimate of drug-likeness (QED) is 0.460. The molecule has 0 amide bonds. The fraction of sp³-hybridized carbons (Fsp3) is 0.130. The monoisotopic (exact) mass is 372 g/mol. The van der Waals surface area contributed by atoms with Gasteiger partial charge in [0.25, 0.3) is 5.89 Å². The summed E-state index contributed by atoms with van der Waals surface area (Å²) in [4.78, 5) is 4.48. The predicted octanol–water partition coefficient (Wildman–Crippen LogP) is 5.30. The van der Waals surface area contributed by atoms with Crippen LogP contribution in [0.3, 0.4) is 0 Å². The second kappa shape index (κ2) is 7.96. The maximum atomic E-state index is 5.84. The Bertz CT molecular complexity index is 1050. The molecule has 0 aliphatic carbocycles. The highest BCUT2D eigenvalue weighted by Crippen LogP contribution is 2.26. The molecule has 0 N–H and O–H groups in total. The molecule has 0 fully saturated rings. The zero-order valence-electron chi connectivity index (χ0n) is 15.8. The number of aryl methyl sites for hydroxylation is 1. The van der Waals surface area contributed by atoms with Crippen molar-refractivity contribution in [2.24, 2.45) is 0 Å². The van der Waals surface area contributed by atoms with Crippen LogP contribution in [0, 0.1) is 6.92 Å². The highest BCUT2D eigenvalue weighted by molar-refractivity contribution is 5.61. The van der Waals surface area contributed by atoms with Crippen LogP contribution in [0.5, 0.6) is 11.5 Å². The minimum atomic E-state index is 0.452. The molecule has 0 unspecified atom stereocenters. The molecule has 0 aliphatic heterocycles. The summed E-state index contributed by atoms with van der Waals surface area (Å²) >= 11 is 0. The second-order valence-corrected chi connectivity index (χ2v) is 6.45. The van der Waals surface area contributed by atoms with Crippen LogP contribution in [0.2, 0.25) is 0 Å². The average molecular weight is 372 g/mol. The molecule has 0 atom stereocenters. The van der Waals surface area contributed by atoms with Crippen molar-refractivity contribution in [3.05, 3.63) is 83.9 Å². The molecule has 5 heteroatoms. The molecule has 4 aromatic rings. The van der Waals surface area contributed by atoms with Gasteiger partial charge in [0.05, 0.1) is 7.11 Å². The first kappa shape index (κ1) is 17.8. The van der Waals surface area contributed by atoms with Gasteiger partial charge in [-0.25, -0.2) is 0 Å². The summed E-state index contributed by atoms with van der Waals surface area (Å²) in [5.41, 5.74) is 4.05. The van der Waals surface area contributed by atoms with Gasteiger partial charge in [-0.3, -0.25) is 0 Å². The van der Waals surface area contributed by atoms with Crippen molar-refractivity contribution in [1.29, 1.82) is 0 Å². The number of rotatable bonds is 6. The van der Waals surface area contributed by atoms with Gasteiger partial charge in [0.15, 0.2) is 0 Å². The van der Waals surface area contributed by atoms with Crippen LogP contribution >= 0.6 is 0 Å². The lowest BCUT2D eigenvalue weighted by molar-refractivity contribution is 0.306. The van der Waals surface area contributed by atoms with Crippen molar-refractivity contribution < 1.29 is 14.0 Å². The van der Waals surface area contributed by atoms with E-state index in [-0.39, 0.29) is 0 Å². The van der Waals surface area contributed by atoms with Gasteiger partial charge in [0.1, 0.15) is 18.1 Å². The third-order valence-electron chi connectivity index (χ3n) is 4.38. The van der Waals surface area contributed by atoms with Crippen LogP contribution in [0.1, 0.15) is 11.1 Å². The molecule has 0 spiro atoms. The smallest absolute Gasteiger partial charge is 0.258 e. The molecule has 0 saturated carbocycles. The standard InChI is InChI=1S/C23H20N2O3/c1-16-6-8-17(9-7-16)15-27-20-12-10-18(11-13-20)22-24-23(28-25-22)19-4-3-5-21(14-19)26-2/h3-14H,15H2,1-2H3. The predicted molar refractivity (Wildman–Crippen MR) is 107 cm³/mol. The number of benzene rings is 3. The van der Waals surface area contributed by atoms with E-state index in [9.17, 15) is 0 Å². The summed E-state index contributed by atoms with van der Waals surface area (Å²) in [5, 5.41) is 4.08. The van der Waals surface area contributed by atoms with Crippen LogP contribution in [0.4, 0.5) is 0 Å². The van der Waals surface area contributed by atoms with E-state index in [1.807, 2.05) is 48.5 Å². The minimum Gasteiger partial charge on any atom is -0.497 e. The van der Waals surface area contributed by atoms with Crippen LogP contribution in [-0.2, 0) is 6.61 Å². The van der Waals surface area contributed by atoms with Crippen LogP contribution in [0.25, 0.3) is 22.8 Å². The summed E-state index contributed by atoms with van der Waals surface area (Å²) in [6.07, 6.45) is 0. The molecule has 0 radical (unpaired) electrons. The maximum absolute atomic E-state index is 5.84. The normalized spacial score (nSPS) is 10.6. The van der Waals surface area contributed by atoms with Gasteiger partial charge >= 0.3 is 0 Å². The summed E-state index contributed by atoms with van der Waals surface area (Å²) in [6.45, 7) is 2.60. The fourth-order valence-corrected chi connectivity index (χ4v) is 2.77. The van der Waals surface area contributed by atoms with E-state index in [0.29, 0.717) is 18.3 Å². The van der Waals surface area contributed by atoms with Gasteiger partial charge in [-0.1, -0.05) is 41.1 Å². The third kappa shape index (κ3) is 4.04. The van der Waals surface area contributed by atoms with Crippen molar-refractivity contribution >= 4 is 0 Å². The first-order valence-electron chi connectivity index (χ1n) is 8.98. The van der Waals surface area contributed by atoms with Crippen LogP contribution < -0.4 is 9.47 Å². The highest BCUT2D eigenvalue weighted by Gasteiger charge is 2.11. The molecule has 1 aromatic heterocycles. The average Bonchev–Trinajstić information content (AvgIpc) is 3.24. The van der Waals surface area contributed by atoms with Gasteiger partial charge in [0.2, 0.25) is 5.82 Å². The highest BCUT2D eigenvalue weighted by atomic mass is 16.5. The second-order valence-electron chi connectivity index (χ2n) is 6.45. The van der Waals surface area contributed by atoms with Gasteiger partial charge in [0, 0.05) is 11.1 Å². The molecule has 28 heavy (non-hydrogen) atoms. The summed E-state index contributed by atoms with van der Waals surface area (Å²) in [5.74, 6) is 2.52. The number of hydrogen-bond donors (Lipinski definition) is 0. The molecule has 140 valence electrons. The van der Waals surface area contributed by atoms with Crippen LogP contribution in [-0.4, -0.2) is 17.3 Å². The lowest BCUT2D eigenvalue weighted by Gasteiger charge is -2.07. The minimum absolute atomic E-state index is 0.452. The molecule has 5 nitrogen and oxygen atoms in total. The lowest BCUT2D eigenvalue weighted by Crippen LogP contribution is -1.95.